The highest BCUT2D eigenvalue weighted by molar-refractivity contribution is 7.88. The van der Waals surface area contributed by atoms with Gasteiger partial charge in [-0.05, 0) is 42.7 Å². The van der Waals surface area contributed by atoms with E-state index in [1.54, 1.807) is 18.2 Å². The Balaban J connectivity index is 1.57. The molecule has 1 aromatic carbocycles. The topological polar surface area (TPSA) is 66.5 Å². The van der Waals surface area contributed by atoms with Gasteiger partial charge in [0.2, 0.25) is 15.9 Å². The van der Waals surface area contributed by atoms with Gasteiger partial charge in [0.05, 0.1) is 6.26 Å². The van der Waals surface area contributed by atoms with Crippen LogP contribution >= 0.6 is 0 Å². The van der Waals surface area contributed by atoms with Gasteiger partial charge in [-0.15, -0.1) is 0 Å². The maximum Gasteiger partial charge on any atom is 0.226 e. The number of nitrogens with zero attached hydrogens (tertiary/aromatic N) is 1. The molecule has 3 unspecified atom stereocenters. The molecule has 3 atom stereocenters. The molecule has 1 N–H and O–H groups in total. The number of piperidine rings is 1. The first kappa shape index (κ1) is 17.4. The lowest BCUT2D eigenvalue weighted by molar-refractivity contribution is -0.134. The highest BCUT2D eigenvalue weighted by Crippen LogP contribution is 2.49. The summed E-state index contributed by atoms with van der Waals surface area (Å²) in [6, 6.07) is 6.64. The minimum Gasteiger partial charge on any atom is -0.342 e. The second kappa shape index (κ2) is 6.80. The lowest BCUT2D eigenvalue weighted by Crippen LogP contribution is -2.44. The Hall–Kier alpha value is -1.47. The Morgan fingerprint density at radius 2 is 2.12 bits per heavy atom. The SMILES string of the molecule is CS(=O)(=O)NCC1CCCN(C(=O)C2CC2c2ccccc2F)C1. The van der Waals surface area contributed by atoms with Crippen LogP contribution in [0.3, 0.4) is 0 Å². The van der Waals surface area contributed by atoms with Crippen molar-refractivity contribution in [2.24, 2.45) is 11.8 Å². The molecule has 1 saturated carbocycles. The maximum atomic E-state index is 13.8. The molecular formula is C17H23FN2O3S. The van der Waals surface area contributed by atoms with Crippen molar-refractivity contribution < 1.29 is 17.6 Å². The number of likely N-dealkylation sites (tertiary alicyclic amines) is 1. The zero-order valence-electron chi connectivity index (χ0n) is 13.7. The molecule has 1 saturated heterocycles. The fourth-order valence-electron chi connectivity index (χ4n) is 3.52. The highest BCUT2D eigenvalue weighted by atomic mass is 32.2. The van der Waals surface area contributed by atoms with E-state index in [0.29, 0.717) is 31.6 Å². The molecule has 3 rings (SSSR count). The number of hydrogen-bond acceptors (Lipinski definition) is 3. The van der Waals surface area contributed by atoms with E-state index < -0.39 is 10.0 Å². The smallest absolute Gasteiger partial charge is 0.226 e. The van der Waals surface area contributed by atoms with Gasteiger partial charge in [0, 0.05) is 25.6 Å². The third-order valence-electron chi connectivity index (χ3n) is 4.88. The zero-order chi connectivity index (χ0) is 17.3. The van der Waals surface area contributed by atoms with E-state index in [4.69, 9.17) is 0 Å². The van der Waals surface area contributed by atoms with Crippen LogP contribution in [0, 0.1) is 17.7 Å². The Bertz CT molecular complexity index is 722. The summed E-state index contributed by atoms with van der Waals surface area (Å²) >= 11 is 0. The van der Waals surface area contributed by atoms with Gasteiger partial charge in [-0.25, -0.2) is 17.5 Å². The predicted octanol–water partition coefficient (Wildman–Crippen LogP) is 1.72. The van der Waals surface area contributed by atoms with E-state index in [2.05, 4.69) is 4.72 Å². The number of sulfonamides is 1. The second-order valence-electron chi connectivity index (χ2n) is 6.88. The highest BCUT2D eigenvalue weighted by Gasteiger charge is 2.47. The van der Waals surface area contributed by atoms with Crippen molar-refractivity contribution in [1.29, 1.82) is 0 Å². The molecule has 5 nitrogen and oxygen atoms in total. The minimum atomic E-state index is -3.21. The monoisotopic (exact) mass is 354 g/mol. The number of rotatable bonds is 5. The molecule has 1 heterocycles. The molecule has 0 aromatic heterocycles. The Morgan fingerprint density at radius 3 is 2.83 bits per heavy atom. The molecule has 24 heavy (non-hydrogen) atoms. The van der Waals surface area contributed by atoms with Crippen molar-refractivity contribution in [3.8, 4) is 0 Å². The Morgan fingerprint density at radius 1 is 1.38 bits per heavy atom. The zero-order valence-corrected chi connectivity index (χ0v) is 14.6. The number of hydrogen-bond donors (Lipinski definition) is 1. The molecule has 132 valence electrons. The summed E-state index contributed by atoms with van der Waals surface area (Å²) in [7, 11) is -3.21. The van der Waals surface area contributed by atoms with E-state index in [0.717, 1.165) is 19.1 Å². The third-order valence-corrected chi connectivity index (χ3v) is 5.57. The van der Waals surface area contributed by atoms with Crippen LogP contribution < -0.4 is 4.72 Å². The average molecular weight is 354 g/mol. The molecule has 0 bridgehead atoms. The van der Waals surface area contributed by atoms with Gasteiger partial charge >= 0.3 is 0 Å². The van der Waals surface area contributed by atoms with E-state index >= 15 is 0 Å². The summed E-state index contributed by atoms with van der Waals surface area (Å²) in [6.07, 6.45) is 3.62. The lowest BCUT2D eigenvalue weighted by atomic mass is 9.97. The number of amides is 1. The average Bonchev–Trinajstić information content (AvgIpc) is 3.33. The van der Waals surface area contributed by atoms with Crippen molar-refractivity contribution in [1.82, 2.24) is 9.62 Å². The lowest BCUT2D eigenvalue weighted by Gasteiger charge is -2.33. The third kappa shape index (κ3) is 4.13. The van der Waals surface area contributed by atoms with Crippen molar-refractivity contribution in [2.45, 2.75) is 25.2 Å². The first-order chi connectivity index (χ1) is 11.3. The number of halogens is 1. The summed E-state index contributed by atoms with van der Waals surface area (Å²) in [4.78, 5) is 14.5. The number of benzene rings is 1. The molecule has 1 aliphatic heterocycles. The van der Waals surface area contributed by atoms with E-state index in [-0.39, 0.29) is 29.5 Å². The molecule has 1 aromatic rings. The van der Waals surface area contributed by atoms with Gasteiger partial charge in [-0.1, -0.05) is 18.2 Å². The van der Waals surface area contributed by atoms with Crippen molar-refractivity contribution in [2.75, 3.05) is 25.9 Å². The van der Waals surface area contributed by atoms with E-state index in [1.807, 2.05) is 4.90 Å². The normalized spacial score (nSPS) is 27.1. The van der Waals surface area contributed by atoms with Gasteiger partial charge in [-0.3, -0.25) is 4.79 Å². The molecule has 1 amide bonds. The summed E-state index contributed by atoms with van der Waals surface area (Å²) in [5.74, 6) is -0.182. The molecule has 7 heteroatoms. The van der Waals surface area contributed by atoms with Crippen LogP contribution in [-0.4, -0.2) is 45.1 Å². The maximum absolute atomic E-state index is 13.8. The van der Waals surface area contributed by atoms with Crippen LogP contribution in [0.25, 0.3) is 0 Å². The molecule has 0 radical (unpaired) electrons. The van der Waals surface area contributed by atoms with Crippen LogP contribution in [0.2, 0.25) is 0 Å². The van der Waals surface area contributed by atoms with Crippen LogP contribution in [0.5, 0.6) is 0 Å². The van der Waals surface area contributed by atoms with E-state index in [9.17, 15) is 17.6 Å². The Kier molecular flexibility index (Phi) is 4.92. The number of nitrogens with one attached hydrogen (secondary N) is 1. The Labute approximate surface area is 142 Å². The fourth-order valence-corrected chi connectivity index (χ4v) is 4.06. The van der Waals surface area contributed by atoms with Crippen LogP contribution in [-0.2, 0) is 14.8 Å². The molecular weight excluding hydrogens is 331 g/mol. The first-order valence-electron chi connectivity index (χ1n) is 8.33. The summed E-state index contributed by atoms with van der Waals surface area (Å²) in [6.45, 7) is 1.64. The minimum absolute atomic E-state index is 0.0202. The van der Waals surface area contributed by atoms with Gasteiger partial charge in [0.15, 0.2) is 0 Å². The second-order valence-corrected chi connectivity index (χ2v) is 8.72. The quantitative estimate of drug-likeness (QED) is 0.875. The number of carbonyl (C=O) groups excluding carboxylic acids is 1. The molecule has 2 fully saturated rings. The van der Waals surface area contributed by atoms with E-state index in [1.165, 1.54) is 6.07 Å². The standard InChI is InChI=1S/C17H23FN2O3S/c1-24(22,23)19-10-12-5-4-8-20(11-12)17(21)15-9-14(15)13-6-2-3-7-16(13)18/h2-3,6-7,12,14-15,19H,4-5,8-11H2,1H3. The van der Waals surface area contributed by atoms with Crippen LogP contribution in [0.1, 0.15) is 30.7 Å². The predicted molar refractivity (Wildman–Crippen MR) is 89.4 cm³/mol. The van der Waals surface area contributed by atoms with Crippen molar-refractivity contribution in [3.05, 3.63) is 35.6 Å². The largest absolute Gasteiger partial charge is 0.342 e. The van der Waals surface area contributed by atoms with Gasteiger partial charge in [0.25, 0.3) is 0 Å². The summed E-state index contributed by atoms with van der Waals surface area (Å²) in [5, 5.41) is 0. The van der Waals surface area contributed by atoms with Gasteiger partial charge < -0.3 is 4.90 Å². The molecule has 2 aliphatic rings. The van der Waals surface area contributed by atoms with Gasteiger partial charge in [0.1, 0.15) is 5.82 Å². The van der Waals surface area contributed by atoms with Crippen LogP contribution in [0.15, 0.2) is 24.3 Å². The van der Waals surface area contributed by atoms with Gasteiger partial charge in [-0.2, -0.15) is 0 Å². The summed E-state index contributed by atoms with van der Waals surface area (Å²) < 4.78 is 38.8. The number of carbonyl (C=O) groups is 1. The van der Waals surface area contributed by atoms with Crippen molar-refractivity contribution >= 4 is 15.9 Å². The first-order valence-corrected chi connectivity index (χ1v) is 10.2. The van der Waals surface area contributed by atoms with Crippen LogP contribution in [0.4, 0.5) is 4.39 Å². The molecule has 1 aliphatic carbocycles. The molecule has 0 spiro atoms. The summed E-state index contributed by atoms with van der Waals surface area (Å²) in [5.41, 5.74) is 0.628. The fraction of sp³-hybridized carbons (Fsp3) is 0.588. The van der Waals surface area contributed by atoms with Crippen molar-refractivity contribution in [3.63, 3.8) is 0 Å².